The van der Waals surface area contributed by atoms with Gasteiger partial charge in [-0.1, -0.05) is 18.5 Å². The number of hydrogen-bond acceptors (Lipinski definition) is 6. The topological polar surface area (TPSA) is 92.5 Å². The molecule has 7 nitrogen and oxygen atoms in total. The number of aromatic nitrogens is 1. The molecule has 1 aromatic heterocycles. The average Bonchev–Trinajstić information content (AvgIpc) is 3.21. The van der Waals surface area contributed by atoms with Crippen molar-refractivity contribution in [2.45, 2.75) is 64.3 Å². The Morgan fingerprint density at radius 1 is 1.12 bits per heavy atom. The van der Waals surface area contributed by atoms with Crippen LogP contribution in [0.25, 0.3) is 11.1 Å². The Balaban J connectivity index is 1.13. The van der Waals surface area contributed by atoms with Crippen molar-refractivity contribution in [3.63, 3.8) is 0 Å². The number of piperidine rings is 1. The van der Waals surface area contributed by atoms with Gasteiger partial charge in [0.1, 0.15) is 15.4 Å². The third-order valence-electron chi connectivity index (χ3n) is 8.29. The second kappa shape index (κ2) is 8.45. The van der Waals surface area contributed by atoms with Crippen LogP contribution in [0.3, 0.4) is 0 Å². The summed E-state index contributed by atoms with van der Waals surface area (Å²) < 4.78 is 29.4. The van der Waals surface area contributed by atoms with E-state index in [4.69, 9.17) is 16.0 Å². The number of nitrogens with one attached hydrogen (secondary N) is 1. The van der Waals surface area contributed by atoms with E-state index in [9.17, 15) is 13.2 Å². The van der Waals surface area contributed by atoms with Gasteiger partial charge in [-0.05, 0) is 75.0 Å². The molecule has 0 radical (unpaired) electrons. The summed E-state index contributed by atoms with van der Waals surface area (Å²) in [4.78, 5) is 19.8. The molecule has 0 atom stereocenters. The van der Waals surface area contributed by atoms with Crippen LogP contribution in [0.2, 0.25) is 5.02 Å². The number of rotatable bonds is 3. The monoisotopic (exact) mass is 493 g/mol. The van der Waals surface area contributed by atoms with E-state index in [1.807, 2.05) is 25.1 Å². The SMILES string of the molecule is CC1(C(=O)NC2CCC3(CC2)CCN(c2nc4cc(Cl)ccc4o2)CC3)CCS(=O)(=O)CC1. The lowest BCUT2D eigenvalue weighted by Gasteiger charge is -2.46. The number of carbonyl (C=O) groups excluding carboxylic acids is 1. The number of fused-ring (bicyclic) bond motifs is 1. The van der Waals surface area contributed by atoms with Crippen LogP contribution in [-0.2, 0) is 14.6 Å². The first-order valence-electron chi connectivity index (χ1n) is 12.0. The normalized spacial score (nSPS) is 24.7. The summed E-state index contributed by atoms with van der Waals surface area (Å²) in [6.45, 7) is 3.76. The van der Waals surface area contributed by atoms with Gasteiger partial charge in [-0.15, -0.1) is 0 Å². The van der Waals surface area contributed by atoms with E-state index in [0.717, 1.165) is 62.7 Å². The zero-order valence-electron chi connectivity index (χ0n) is 19.1. The first-order chi connectivity index (χ1) is 15.7. The van der Waals surface area contributed by atoms with Crippen LogP contribution in [-0.4, -0.2) is 49.9 Å². The molecule has 9 heteroatoms. The first kappa shape index (κ1) is 23.0. The largest absolute Gasteiger partial charge is 0.423 e. The number of carbonyl (C=O) groups is 1. The van der Waals surface area contributed by atoms with E-state index >= 15 is 0 Å². The van der Waals surface area contributed by atoms with Crippen LogP contribution in [0.4, 0.5) is 6.01 Å². The van der Waals surface area contributed by atoms with E-state index in [1.54, 1.807) is 0 Å². The molecule has 1 aromatic carbocycles. The predicted molar refractivity (Wildman–Crippen MR) is 129 cm³/mol. The molecular weight excluding hydrogens is 462 g/mol. The number of amides is 1. The van der Waals surface area contributed by atoms with Crippen molar-refractivity contribution in [3.8, 4) is 0 Å². The predicted octanol–water partition coefficient (Wildman–Crippen LogP) is 4.34. The van der Waals surface area contributed by atoms with Crippen LogP contribution in [0, 0.1) is 10.8 Å². The van der Waals surface area contributed by atoms with Gasteiger partial charge in [0.15, 0.2) is 5.58 Å². The summed E-state index contributed by atoms with van der Waals surface area (Å²) in [5.74, 6) is 0.270. The quantitative estimate of drug-likeness (QED) is 0.683. The van der Waals surface area contributed by atoms with E-state index in [-0.39, 0.29) is 23.5 Å². The molecule has 2 saturated heterocycles. The highest BCUT2D eigenvalue weighted by Crippen LogP contribution is 2.45. The van der Waals surface area contributed by atoms with E-state index < -0.39 is 15.3 Å². The molecule has 1 spiro atoms. The van der Waals surface area contributed by atoms with Crippen molar-refractivity contribution in [1.82, 2.24) is 10.3 Å². The lowest BCUT2D eigenvalue weighted by atomic mass is 9.67. The highest BCUT2D eigenvalue weighted by molar-refractivity contribution is 7.91. The lowest BCUT2D eigenvalue weighted by Crippen LogP contribution is -2.50. The standard InChI is InChI=1S/C24H32ClN3O4S/c1-23(10-14-33(30,31)15-11-23)21(29)26-18-4-6-24(7-5-18)8-12-28(13-9-24)22-27-19-16-17(25)2-3-20(19)32-22/h2-3,16,18H,4-15H2,1H3,(H,26,29). The van der Waals surface area contributed by atoms with Crippen molar-refractivity contribution in [2.75, 3.05) is 29.5 Å². The van der Waals surface area contributed by atoms with Gasteiger partial charge in [-0.25, -0.2) is 8.42 Å². The molecule has 180 valence electrons. The van der Waals surface area contributed by atoms with Crippen LogP contribution < -0.4 is 10.2 Å². The zero-order chi connectivity index (χ0) is 23.3. The van der Waals surface area contributed by atoms with Crippen molar-refractivity contribution in [2.24, 2.45) is 10.8 Å². The summed E-state index contributed by atoms with van der Waals surface area (Å²) >= 11 is 6.07. The Labute approximate surface area is 200 Å². The number of nitrogens with zero attached hydrogens (tertiary/aromatic N) is 2. The minimum atomic E-state index is -2.97. The highest BCUT2D eigenvalue weighted by atomic mass is 35.5. The molecule has 1 saturated carbocycles. The summed E-state index contributed by atoms with van der Waals surface area (Å²) in [6, 6.07) is 6.38. The molecule has 3 aliphatic rings. The molecular formula is C24H32ClN3O4S. The van der Waals surface area contributed by atoms with Gasteiger partial charge >= 0.3 is 0 Å². The first-order valence-corrected chi connectivity index (χ1v) is 14.2. The fourth-order valence-electron chi connectivity index (χ4n) is 5.65. The van der Waals surface area contributed by atoms with Gasteiger partial charge in [0, 0.05) is 29.6 Å². The molecule has 3 fully saturated rings. The van der Waals surface area contributed by atoms with Gasteiger partial charge in [0.05, 0.1) is 11.5 Å². The Kier molecular flexibility index (Phi) is 5.88. The Morgan fingerprint density at radius 3 is 2.45 bits per heavy atom. The second-order valence-corrected chi connectivity index (χ2v) is 13.3. The maximum absolute atomic E-state index is 12.9. The third-order valence-corrected chi connectivity index (χ3v) is 10.2. The molecule has 0 unspecified atom stereocenters. The van der Waals surface area contributed by atoms with Crippen molar-refractivity contribution >= 4 is 44.5 Å². The number of anilines is 1. The molecule has 0 bridgehead atoms. The minimum absolute atomic E-state index is 0.0317. The molecule has 33 heavy (non-hydrogen) atoms. The van der Waals surface area contributed by atoms with Gasteiger partial charge in [-0.3, -0.25) is 4.79 Å². The van der Waals surface area contributed by atoms with Gasteiger partial charge in [0.25, 0.3) is 6.01 Å². The Bertz CT molecular complexity index is 1130. The molecule has 5 rings (SSSR count). The number of oxazole rings is 1. The number of benzene rings is 1. The van der Waals surface area contributed by atoms with Crippen molar-refractivity contribution in [1.29, 1.82) is 0 Å². The van der Waals surface area contributed by atoms with Crippen molar-refractivity contribution in [3.05, 3.63) is 23.2 Å². The fraction of sp³-hybridized carbons (Fsp3) is 0.667. The lowest BCUT2D eigenvalue weighted by molar-refractivity contribution is -0.131. The van der Waals surface area contributed by atoms with Gasteiger partial charge in [0.2, 0.25) is 5.91 Å². The maximum Gasteiger partial charge on any atom is 0.298 e. The molecule has 2 aliphatic heterocycles. The second-order valence-electron chi connectivity index (χ2n) is 10.6. The van der Waals surface area contributed by atoms with Crippen LogP contribution in [0.15, 0.2) is 22.6 Å². The molecule has 1 aliphatic carbocycles. The maximum atomic E-state index is 12.9. The number of hydrogen-bond donors (Lipinski definition) is 1. The smallest absolute Gasteiger partial charge is 0.298 e. The summed E-state index contributed by atoms with van der Waals surface area (Å²) in [5.41, 5.74) is 1.32. The average molecular weight is 494 g/mol. The summed E-state index contributed by atoms with van der Waals surface area (Å²) in [6.07, 6.45) is 7.25. The Morgan fingerprint density at radius 2 is 1.79 bits per heavy atom. The van der Waals surface area contributed by atoms with Crippen LogP contribution >= 0.6 is 11.6 Å². The summed E-state index contributed by atoms with van der Waals surface area (Å²) in [5, 5.41) is 3.91. The fourth-order valence-corrected chi connectivity index (χ4v) is 7.54. The van der Waals surface area contributed by atoms with E-state index in [1.165, 1.54) is 0 Å². The van der Waals surface area contributed by atoms with Gasteiger partial charge in [-0.2, -0.15) is 4.98 Å². The molecule has 1 amide bonds. The van der Waals surface area contributed by atoms with Crippen LogP contribution in [0.1, 0.15) is 58.3 Å². The highest BCUT2D eigenvalue weighted by Gasteiger charge is 2.42. The Hall–Kier alpha value is -1.80. The minimum Gasteiger partial charge on any atom is -0.423 e. The summed E-state index contributed by atoms with van der Waals surface area (Å²) in [7, 11) is -2.97. The van der Waals surface area contributed by atoms with E-state index in [0.29, 0.717) is 29.3 Å². The number of sulfone groups is 1. The third kappa shape index (κ3) is 4.74. The zero-order valence-corrected chi connectivity index (χ0v) is 20.7. The van der Waals surface area contributed by atoms with Crippen LogP contribution in [0.5, 0.6) is 0 Å². The van der Waals surface area contributed by atoms with Crippen molar-refractivity contribution < 1.29 is 17.6 Å². The van der Waals surface area contributed by atoms with E-state index in [2.05, 4.69) is 15.2 Å². The molecule has 2 aromatic rings. The molecule has 3 heterocycles. The number of halogens is 1. The molecule has 1 N–H and O–H groups in total. The van der Waals surface area contributed by atoms with Gasteiger partial charge < -0.3 is 14.6 Å².